The number of anilines is 3. The lowest BCUT2D eigenvalue weighted by molar-refractivity contribution is -0.136. The molecule has 0 aliphatic carbocycles. The van der Waals surface area contributed by atoms with E-state index in [2.05, 4.69) is 25.9 Å². The van der Waals surface area contributed by atoms with Crippen LogP contribution in [0, 0.1) is 5.82 Å². The van der Waals surface area contributed by atoms with Crippen molar-refractivity contribution < 1.29 is 37.8 Å². The van der Waals surface area contributed by atoms with Gasteiger partial charge in [0.2, 0.25) is 17.7 Å². The first-order chi connectivity index (χ1) is 24.7. The van der Waals surface area contributed by atoms with Gasteiger partial charge in [0.05, 0.1) is 40.6 Å². The molecule has 262 valence electrons. The summed E-state index contributed by atoms with van der Waals surface area (Å²) in [5.74, 6) is -1.83. The normalized spacial score (nSPS) is 18.6. The maximum absolute atomic E-state index is 13.8. The number of benzene rings is 3. The number of hydrogen-bond acceptors (Lipinski definition) is 11. The molecule has 3 aliphatic heterocycles. The van der Waals surface area contributed by atoms with Crippen LogP contribution < -0.4 is 20.7 Å². The number of aromatic nitrogens is 2. The van der Waals surface area contributed by atoms with Crippen LogP contribution in [0.4, 0.5) is 21.6 Å². The van der Waals surface area contributed by atoms with Crippen molar-refractivity contribution in [2.75, 3.05) is 29.6 Å². The van der Waals surface area contributed by atoms with Crippen molar-refractivity contribution in [1.82, 2.24) is 20.2 Å². The first kappa shape index (κ1) is 34.3. The molecule has 1 aromatic heterocycles. The van der Waals surface area contributed by atoms with Crippen LogP contribution in [0.3, 0.4) is 0 Å². The minimum absolute atomic E-state index is 0.0342. The molecule has 4 aromatic rings. The summed E-state index contributed by atoms with van der Waals surface area (Å²) in [4.78, 5) is 74.2. The molecule has 51 heavy (non-hydrogen) atoms. The Bertz CT molecular complexity index is 2100. The molecule has 0 radical (unpaired) electrons. The predicted octanol–water partition coefficient (Wildman–Crippen LogP) is 5.25. The van der Waals surface area contributed by atoms with E-state index in [0.717, 1.165) is 4.90 Å². The predicted molar refractivity (Wildman–Crippen MR) is 186 cm³/mol. The third-order valence-corrected chi connectivity index (χ3v) is 10.0. The van der Waals surface area contributed by atoms with Crippen molar-refractivity contribution >= 4 is 81.0 Å². The Labute approximate surface area is 299 Å². The Morgan fingerprint density at radius 2 is 1.96 bits per heavy atom. The number of nitrogens with one attached hydrogen (secondary N) is 3. The summed E-state index contributed by atoms with van der Waals surface area (Å²) in [6.45, 7) is 0.973. The van der Waals surface area contributed by atoms with Crippen molar-refractivity contribution in [3.63, 3.8) is 0 Å². The standard InChI is InChI=1S/C35H30ClFN6O7S/c36-22-13-18(6-7-23(22)37)40-32-21-14-25(27(15-24(21)38-17-39-32)50-19-10-11-49-16-19)41-29(44)5-2-12-51-28-4-1-3-20-31(28)35(48)43(34(20)47)26-8-9-30(45)42-33(26)46/h1,3-4,6-7,13-15,17,19,26H,2,5,8-12,16H2,(H,41,44)(H,38,39,40)(H,42,45,46)/t19-,26?/m0/s1. The average Bonchev–Trinajstić information content (AvgIpc) is 3.71. The highest BCUT2D eigenvalue weighted by Crippen LogP contribution is 2.37. The molecule has 2 fully saturated rings. The minimum Gasteiger partial charge on any atom is -0.486 e. The summed E-state index contributed by atoms with van der Waals surface area (Å²) in [7, 11) is 0. The van der Waals surface area contributed by atoms with Crippen molar-refractivity contribution in [1.29, 1.82) is 0 Å². The molecule has 13 nitrogen and oxygen atoms in total. The zero-order valence-electron chi connectivity index (χ0n) is 26.9. The largest absolute Gasteiger partial charge is 0.486 e. The second-order valence-corrected chi connectivity index (χ2v) is 13.6. The van der Waals surface area contributed by atoms with Gasteiger partial charge in [-0.2, -0.15) is 0 Å². The van der Waals surface area contributed by atoms with Gasteiger partial charge >= 0.3 is 0 Å². The van der Waals surface area contributed by atoms with Gasteiger partial charge < -0.3 is 20.1 Å². The summed E-state index contributed by atoms with van der Waals surface area (Å²) in [6.07, 6.45) is 2.53. The van der Waals surface area contributed by atoms with E-state index in [4.69, 9.17) is 21.1 Å². The first-order valence-corrected chi connectivity index (χ1v) is 17.5. The fourth-order valence-corrected chi connectivity index (χ4v) is 7.31. The quantitative estimate of drug-likeness (QED) is 0.105. The summed E-state index contributed by atoms with van der Waals surface area (Å²) < 4.78 is 25.4. The lowest BCUT2D eigenvalue weighted by Crippen LogP contribution is -2.54. The Balaban J connectivity index is 1.04. The van der Waals surface area contributed by atoms with E-state index >= 15 is 0 Å². The third kappa shape index (κ3) is 7.22. The number of nitrogens with zero attached hydrogens (tertiary/aromatic N) is 3. The van der Waals surface area contributed by atoms with Gasteiger partial charge in [0.1, 0.15) is 35.9 Å². The number of halogens is 2. The average molecular weight is 733 g/mol. The summed E-state index contributed by atoms with van der Waals surface area (Å²) in [5.41, 5.74) is 1.87. The monoisotopic (exact) mass is 732 g/mol. The second kappa shape index (κ2) is 14.6. The molecular formula is C35H30ClFN6O7S. The second-order valence-electron chi connectivity index (χ2n) is 12.1. The van der Waals surface area contributed by atoms with E-state index in [1.807, 2.05) is 0 Å². The highest BCUT2D eigenvalue weighted by atomic mass is 35.5. The van der Waals surface area contributed by atoms with Gasteiger partial charge in [0.15, 0.2) is 0 Å². The number of amides is 5. The highest BCUT2D eigenvalue weighted by Gasteiger charge is 2.45. The van der Waals surface area contributed by atoms with Crippen LogP contribution in [-0.4, -0.2) is 75.5 Å². The van der Waals surface area contributed by atoms with Gasteiger partial charge in [0, 0.05) is 41.3 Å². The molecule has 0 saturated carbocycles. The number of thioether (sulfide) groups is 1. The number of ether oxygens (including phenoxy) is 2. The number of carbonyl (C=O) groups excluding carboxylic acids is 5. The van der Waals surface area contributed by atoms with Crippen LogP contribution in [0.25, 0.3) is 10.9 Å². The van der Waals surface area contributed by atoms with Crippen molar-refractivity contribution in [3.05, 3.63) is 76.8 Å². The van der Waals surface area contributed by atoms with Crippen molar-refractivity contribution in [2.24, 2.45) is 0 Å². The Hall–Kier alpha value is -5.12. The Kier molecular flexibility index (Phi) is 9.84. The smallest absolute Gasteiger partial charge is 0.263 e. The number of fused-ring (bicyclic) bond motifs is 2. The van der Waals surface area contributed by atoms with E-state index in [0.29, 0.717) is 70.5 Å². The first-order valence-electron chi connectivity index (χ1n) is 16.2. The highest BCUT2D eigenvalue weighted by molar-refractivity contribution is 7.99. The number of piperidine rings is 1. The van der Waals surface area contributed by atoms with E-state index in [9.17, 15) is 28.4 Å². The molecule has 3 aliphatic rings. The molecule has 3 N–H and O–H groups in total. The minimum atomic E-state index is -1.05. The summed E-state index contributed by atoms with van der Waals surface area (Å²) in [6, 6.07) is 11.5. The van der Waals surface area contributed by atoms with Crippen LogP contribution in [-0.2, 0) is 19.1 Å². The zero-order chi connectivity index (χ0) is 35.6. The third-order valence-electron chi connectivity index (χ3n) is 8.61. The molecule has 2 atom stereocenters. The van der Waals surface area contributed by atoms with Gasteiger partial charge in [0.25, 0.3) is 11.8 Å². The maximum atomic E-state index is 13.8. The molecule has 1 unspecified atom stereocenters. The van der Waals surface area contributed by atoms with Crippen LogP contribution in [0.15, 0.2) is 59.8 Å². The van der Waals surface area contributed by atoms with E-state index in [-0.39, 0.29) is 47.4 Å². The van der Waals surface area contributed by atoms with Gasteiger partial charge in [-0.3, -0.25) is 34.2 Å². The molecule has 2 saturated heterocycles. The molecule has 0 spiro atoms. The van der Waals surface area contributed by atoms with Crippen LogP contribution >= 0.6 is 23.4 Å². The summed E-state index contributed by atoms with van der Waals surface area (Å²) in [5, 5.41) is 8.81. The van der Waals surface area contributed by atoms with Crippen LogP contribution in [0.1, 0.15) is 52.8 Å². The van der Waals surface area contributed by atoms with E-state index in [1.54, 1.807) is 30.3 Å². The van der Waals surface area contributed by atoms with Crippen LogP contribution in [0.5, 0.6) is 5.75 Å². The van der Waals surface area contributed by atoms with Gasteiger partial charge in [-0.15, -0.1) is 11.8 Å². The molecular weight excluding hydrogens is 703 g/mol. The fourth-order valence-electron chi connectivity index (χ4n) is 6.11. The Morgan fingerprint density at radius 1 is 1.10 bits per heavy atom. The number of hydrogen-bond donors (Lipinski definition) is 3. The lowest BCUT2D eigenvalue weighted by Gasteiger charge is -2.27. The number of carbonyl (C=O) groups is 5. The van der Waals surface area contributed by atoms with Crippen LogP contribution in [0.2, 0.25) is 5.02 Å². The fraction of sp³-hybridized carbons (Fsp3) is 0.286. The van der Waals surface area contributed by atoms with Crippen molar-refractivity contribution in [3.8, 4) is 5.75 Å². The molecule has 7 rings (SSSR count). The van der Waals surface area contributed by atoms with Gasteiger partial charge in [-0.1, -0.05) is 17.7 Å². The molecule has 3 aromatic carbocycles. The number of rotatable bonds is 11. The molecule has 4 heterocycles. The topological polar surface area (TPSA) is 169 Å². The number of imide groups is 2. The zero-order valence-corrected chi connectivity index (χ0v) is 28.4. The maximum Gasteiger partial charge on any atom is 0.263 e. The van der Waals surface area contributed by atoms with Gasteiger partial charge in [-0.05, 0) is 55.0 Å². The SMILES string of the molecule is O=C1CCC(N2C(=O)c3cccc(SCCCC(=O)Nc4cc5c(Nc6ccc(F)c(Cl)c6)ncnc5cc4O[C@H]4CCOC4)c3C2=O)C(=O)N1. The van der Waals surface area contributed by atoms with E-state index < -0.39 is 35.5 Å². The molecule has 0 bridgehead atoms. The molecule has 5 amide bonds. The molecule has 16 heteroatoms. The Morgan fingerprint density at radius 3 is 2.75 bits per heavy atom. The van der Waals surface area contributed by atoms with Crippen molar-refractivity contribution in [2.45, 2.75) is 49.1 Å². The van der Waals surface area contributed by atoms with E-state index in [1.165, 1.54) is 36.3 Å². The lowest BCUT2D eigenvalue weighted by atomic mass is 10.0. The van der Waals surface area contributed by atoms with Gasteiger partial charge in [-0.25, -0.2) is 14.4 Å². The summed E-state index contributed by atoms with van der Waals surface area (Å²) >= 11 is 7.30.